The SMILES string of the molecule is c1ccc(-n2c3ccccc3c3cc(-c4cccc(-c5ccc6[nH]c7c(ccc8c9cc(-c%10ccc%11c(c%10)c%10ccccc%10n%11-c%10ccccc%10)ccc9[nH]c87)c6c5)c4)ccc32)cc1. The zero-order valence-electron chi connectivity index (χ0n) is 34.7. The minimum absolute atomic E-state index is 1.13. The molecule has 0 aliphatic carbocycles. The number of nitrogens with zero attached hydrogens (tertiary/aromatic N) is 2. The second-order valence-corrected chi connectivity index (χ2v) is 17.1. The number of aromatic nitrogens is 4. The van der Waals surface area contributed by atoms with Gasteiger partial charge in [0.2, 0.25) is 0 Å². The van der Waals surface area contributed by atoms with Crippen LogP contribution in [0.15, 0.2) is 218 Å². The van der Waals surface area contributed by atoms with Gasteiger partial charge >= 0.3 is 0 Å². The first-order valence-corrected chi connectivity index (χ1v) is 22.0. The number of fused-ring (bicyclic) bond motifs is 13. The van der Waals surface area contributed by atoms with Crippen LogP contribution in [-0.4, -0.2) is 19.1 Å². The van der Waals surface area contributed by atoms with Crippen LogP contribution in [0, 0.1) is 0 Å². The molecule has 0 fully saturated rings. The number of para-hydroxylation sites is 4. The van der Waals surface area contributed by atoms with E-state index in [4.69, 9.17) is 0 Å². The molecule has 4 heteroatoms. The normalized spacial score (nSPS) is 12.1. The number of benzene rings is 10. The predicted molar refractivity (Wildman–Crippen MR) is 270 cm³/mol. The first kappa shape index (κ1) is 35.0. The maximum Gasteiger partial charge on any atom is 0.0710 e. The van der Waals surface area contributed by atoms with Gasteiger partial charge in [0, 0.05) is 65.5 Å². The van der Waals surface area contributed by atoms with Gasteiger partial charge in [-0.05, 0) is 124 Å². The number of H-pyrrole nitrogens is 2. The van der Waals surface area contributed by atoms with E-state index in [0.29, 0.717) is 0 Å². The first-order chi connectivity index (χ1) is 31.7. The van der Waals surface area contributed by atoms with E-state index in [1.54, 1.807) is 0 Å². The summed E-state index contributed by atoms with van der Waals surface area (Å²) in [6.45, 7) is 0. The highest BCUT2D eigenvalue weighted by Crippen LogP contribution is 2.41. The van der Waals surface area contributed by atoms with Crippen LogP contribution in [0.5, 0.6) is 0 Å². The van der Waals surface area contributed by atoms with Crippen molar-refractivity contribution < 1.29 is 0 Å². The van der Waals surface area contributed by atoms with E-state index < -0.39 is 0 Å². The smallest absolute Gasteiger partial charge is 0.0710 e. The van der Waals surface area contributed by atoms with Gasteiger partial charge < -0.3 is 19.1 Å². The van der Waals surface area contributed by atoms with E-state index in [1.807, 2.05) is 0 Å². The van der Waals surface area contributed by atoms with Crippen LogP contribution in [0.2, 0.25) is 0 Å². The third kappa shape index (κ3) is 5.17. The second-order valence-electron chi connectivity index (χ2n) is 17.1. The Bertz CT molecular complexity index is 4180. The summed E-state index contributed by atoms with van der Waals surface area (Å²) < 4.78 is 4.74. The van der Waals surface area contributed by atoms with Gasteiger partial charge in [0.15, 0.2) is 0 Å². The van der Waals surface area contributed by atoms with Crippen molar-refractivity contribution in [2.75, 3.05) is 0 Å². The van der Waals surface area contributed by atoms with Crippen molar-refractivity contribution in [3.63, 3.8) is 0 Å². The van der Waals surface area contributed by atoms with Crippen molar-refractivity contribution in [2.45, 2.75) is 0 Å². The molecule has 4 nitrogen and oxygen atoms in total. The Balaban J connectivity index is 0.836. The Kier molecular flexibility index (Phi) is 7.36. The number of rotatable bonds is 5. The Morgan fingerprint density at radius 2 is 0.609 bits per heavy atom. The van der Waals surface area contributed by atoms with Gasteiger partial charge in [-0.15, -0.1) is 0 Å². The van der Waals surface area contributed by atoms with Crippen molar-refractivity contribution in [2.24, 2.45) is 0 Å². The van der Waals surface area contributed by atoms with E-state index in [-0.39, 0.29) is 0 Å². The molecule has 4 heterocycles. The minimum atomic E-state index is 1.13. The van der Waals surface area contributed by atoms with E-state index >= 15 is 0 Å². The number of aromatic amines is 2. The fourth-order valence-corrected chi connectivity index (χ4v) is 10.6. The molecule has 64 heavy (non-hydrogen) atoms. The Morgan fingerprint density at radius 3 is 1.08 bits per heavy atom. The average Bonchev–Trinajstić information content (AvgIpc) is 4.11. The topological polar surface area (TPSA) is 41.4 Å². The maximum atomic E-state index is 3.81. The largest absolute Gasteiger partial charge is 0.353 e. The molecule has 0 aliphatic heterocycles. The summed E-state index contributed by atoms with van der Waals surface area (Å²) >= 11 is 0. The molecule has 0 radical (unpaired) electrons. The zero-order valence-corrected chi connectivity index (χ0v) is 34.7. The Morgan fingerprint density at radius 1 is 0.234 bits per heavy atom. The molecule has 14 rings (SSSR count). The van der Waals surface area contributed by atoms with Gasteiger partial charge in [0.1, 0.15) is 0 Å². The molecule has 0 amide bonds. The Hall–Kier alpha value is -8.60. The van der Waals surface area contributed by atoms with Crippen LogP contribution < -0.4 is 0 Å². The lowest BCUT2D eigenvalue weighted by Gasteiger charge is -2.09. The fraction of sp³-hybridized carbons (Fsp3) is 0. The minimum Gasteiger partial charge on any atom is -0.353 e. The maximum absolute atomic E-state index is 3.81. The lowest BCUT2D eigenvalue weighted by atomic mass is 9.97. The molecule has 0 aliphatic rings. The van der Waals surface area contributed by atoms with Gasteiger partial charge in [-0.25, -0.2) is 0 Å². The predicted octanol–water partition coefficient (Wildman–Crippen LogP) is 16.2. The van der Waals surface area contributed by atoms with E-state index in [2.05, 4.69) is 237 Å². The lowest BCUT2D eigenvalue weighted by Crippen LogP contribution is -1.92. The van der Waals surface area contributed by atoms with E-state index in [1.165, 1.54) is 110 Å². The highest BCUT2D eigenvalue weighted by atomic mass is 15.0. The van der Waals surface area contributed by atoms with Gasteiger partial charge in [-0.1, -0.05) is 127 Å². The van der Waals surface area contributed by atoms with E-state index in [0.717, 1.165) is 22.1 Å². The number of hydrogen-bond acceptors (Lipinski definition) is 0. The summed E-state index contributed by atoms with van der Waals surface area (Å²) in [7, 11) is 0. The van der Waals surface area contributed by atoms with Crippen LogP contribution in [0.25, 0.3) is 132 Å². The molecule has 298 valence electrons. The Labute approximate surface area is 367 Å². The molecule has 14 aromatic rings. The monoisotopic (exact) mass is 814 g/mol. The molecule has 2 N–H and O–H groups in total. The molecule has 4 aromatic heterocycles. The average molecular weight is 815 g/mol. The van der Waals surface area contributed by atoms with Crippen molar-refractivity contribution >= 4 is 87.2 Å². The van der Waals surface area contributed by atoms with Crippen LogP contribution in [0.1, 0.15) is 0 Å². The summed E-state index contributed by atoms with van der Waals surface area (Å²) in [4.78, 5) is 7.61. The molecule has 0 atom stereocenters. The molecule has 10 aromatic carbocycles. The quantitative estimate of drug-likeness (QED) is 0.174. The van der Waals surface area contributed by atoms with Crippen LogP contribution >= 0.6 is 0 Å². The van der Waals surface area contributed by atoms with Gasteiger partial charge in [0.05, 0.1) is 33.1 Å². The number of nitrogens with one attached hydrogen (secondary N) is 2. The second kappa shape index (κ2) is 13.4. The van der Waals surface area contributed by atoms with Crippen molar-refractivity contribution in [3.8, 4) is 44.8 Å². The molecular weight excluding hydrogens is 777 g/mol. The standard InChI is InChI=1S/C60H38N4/c1-3-14-43(15-4-1)63-55-20-9-7-18-45(55)51-35-41(24-30-57(51)63)38-13-11-12-37(32-38)39-22-28-53-49(33-39)47-26-27-48-50-34-40(23-29-54(50)62-60(48)59(47)61-53)42-25-31-58-52(36-42)46-19-8-10-21-56(46)64(58)44-16-5-2-6-17-44/h1-36,61-62H. The van der Waals surface area contributed by atoms with Crippen LogP contribution in [0.3, 0.4) is 0 Å². The highest BCUT2D eigenvalue weighted by Gasteiger charge is 2.17. The zero-order chi connectivity index (χ0) is 41.9. The molecule has 0 spiro atoms. The summed E-state index contributed by atoms with van der Waals surface area (Å²) in [6, 6.07) is 79.8. The first-order valence-electron chi connectivity index (χ1n) is 22.0. The molecule has 0 saturated carbocycles. The summed E-state index contributed by atoms with van der Waals surface area (Å²) in [6.07, 6.45) is 0. The molecule has 0 saturated heterocycles. The van der Waals surface area contributed by atoms with E-state index in [9.17, 15) is 0 Å². The highest BCUT2D eigenvalue weighted by molar-refractivity contribution is 6.22. The number of hydrogen-bond donors (Lipinski definition) is 2. The lowest BCUT2D eigenvalue weighted by molar-refractivity contribution is 1.18. The van der Waals surface area contributed by atoms with Gasteiger partial charge in [-0.2, -0.15) is 0 Å². The van der Waals surface area contributed by atoms with Crippen molar-refractivity contribution in [1.29, 1.82) is 0 Å². The molecular formula is C60H38N4. The summed E-state index contributed by atoms with van der Waals surface area (Å²) in [5.74, 6) is 0. The van der Waals surface area contributed by atoms with Gasteiger partial charge in [0.25, 0.3) is 0 Å². The third-order valence-electron chi connectivity index (χ3n) is 13.6. The van der Waals surface area contributed by atoms with Crippen molar-refractivity contribution in [1.82, 2.24) is 19.1 Å². The van der Waals surface area contributed by atoms with Crippen molar-refractivity contribution in [3.05, 3.63) is 218 Å². The molecule has 0 bridgehead atoms. The van der Waals surface area contributed by atoms with Crippen LogP contribution in [0.4, 0.5) is 0 Å². The summed E-state index contributed by atoms with van der Waals surface area (Å²) in [5, 5.41) is 9.91. The third-order valence-corrected chi connectivity index (χ3v) is 13.6. The summed E-state index contributed by atoms with van der Waals surface area (Å²) in [5.41, 5.74) is 18.9. The fourth-order valence-electron chi connectivity index (χ4n) is 10.6. The molecule has 0 unspecified atom stereocenters. The van der Waals surface area contributed by atoms with Gasteiger partial charge in [-0.3, -0.25) is 0 Å². The van der Waals surface area contributed by atoms with Crippen LogP contribution in [-0.2, 0) is 0 Å².